The van der Waals surface area contributed by atoms with Crippen molar-refractivity contribution in [3.8, 4) is 0 Å². The van der Waals surface area contributed by atoms with E-state index in [0.29, 0.717) is 6.79 Å². The molecule has 12 heavy (non-hydrogen) atoms. The molecule has 0 radical (unpaired) electrons. The molecule has 0 saturated carbocycles. The molecule has 0 bridgehead atoms. The van der Waals surface area contributed by atoms with E-state index in [9.17, 15) is 0 Å². The van der Waals surface area contributed by atoms with E-state index in [1.807, 2.05) is 0 Å². The fourth-order valence-electron chi connectivity index (χ4n) is 1.39. The third-order valence-electron chi connectivity index (χ3n) is 1.93. The van der Waals surface area contributed by atoms with Gasteiger partial charge in [0.1, 0.15) is 6.79 Å². The van der Waals surface area contributed by atoms with Gasteiger partial charge in [-0.15, -0.1) is 0 Å². The van der Waals surface area contributed by atoms with Gasteiger partial charge in [0.2, 0.25) is 0 Å². The lowest BCUT2D eigenvalue weighted by Gasteiger charge is -2.17. The highest BCUT2D eigenvalue weighted by molar-refractivity contribution is 9.11. The summed E-state index contributed by atoms with van der Waals surface area (Å²) in [4.78, 5) is 0. The summed E-state index contributed by atoms with van der Waals surface area (Å²) in [6.45, 7) is 4.76. The third-order valence-corrected chi connectivity index (χ3v) is 2.67. The molecule has 0 aromatic carbocycles. The molecular weight excluding hydrogens is 220 g/mol. The van der Waals surface area contributed by atoms with E-state index in [-0.39, 0.29) is 11.5 Å². The Hall–Kier alpha value is 0.140. The molecule has 0 spiro atoms. The van der Waals surface area contributed by atoms with Gasteiger partial charge in [0, 0.05) is 11.6 Å². The highest BCUT2D eigenvalue weighted by Gasteiger charge is 2.31. The number of rotatable bonds is 3. The minimum absolute atomic E-state index is 0.181. The van der Waals surface area contributed by atoms with E-state index in [0.717, 1.165) is 10.9 Å². The van der Waals surface area contributed by atoms with Gasteiger partial charge < -0.3 is 9.47 Å². The summed E-state index contributed by atoms with van der Waals surface area (Å²) < 4.78 is 11.5. The molecule has 0 amide bonds. The monoisotopic (exact) mass is 234 g/mol. The van der Waals surface area contributed by atoms with Crippen LogP contribution in [0.15, 0.2) is 10.6 Å². The van der Waals surface area contributed by atoms with Crippen molar-refractivity contribution in [1.82, 2.24) is 0 Å². The van der Waals surface area contributed by atoms with Crippen LogP contribution in [0.2, 0.25) is 0 Å². The second-order valence-electron chi connectivity index (χ2n) is 3.78. The fraction of sp³-hybridized carbons (Fsp3) is 0.778. The van der Waals surface area contributed by atoms with Crippen LogP contribution in [-0.4, -0.2) is 20.0 Å². The first kappa shape index (κ1) is 10.2. The molecule has 0 aliphatic heterocycles. The largest absolute Gasteiger partial charge is 0.359 e. The van der Waals surface area contributed by atoms with Crippen LogP contribution in [0.3, 0.4) is 0 Å². The first-order valence-corrected chi connectivity index (χ1v) is 4.83. The average Bonchev–Trinajstić information content (AvgIpc) is 2.20. The van der Waals surface area contributed by atoms with Crippen molar-refractivity contribution in [3.63, 3.8) is 0 Å². The van der Waals surface area contributed by atoms with Crippen LogP contribution in [0.4, 0.5) is 0 Å². The lowest BCUT2D eigenvalue weighted by atomic mass is 9.93. The summed E-state index contributed by atoms with van der Waals surface area (Å²) in [6, 6.07) is 0. The Balaban J connectivity index is 2.45. The molecule has 0 unspecified atom stereocenters. The second-order valence-corrected chi connectivity index (χ2v) is 4.70. The number of ether oxygens (including phenoxy) is 2. The first-order valence-electron chi connectivity index (χ1n) is 4.04. The number of hydrogen-bond donors (Lipinski definition) is 0. The molecule has 0 aromatic heterocycles. The number of methoxy groups -OCH3 is 1. The fourth-order valence-corrected chi connectivity index (χ4v) is 2.30. The maximum Gasteiger partial charge on any atom is 0.147 e. The maximum atomic E-state index is 5.46. The zero-order chi connectivity index (χ0) is 9.19. The average molecular weight is 235 g/mol. The molecule has 0 N–H and O–H groups in total. The van der Waals surface area contributed by atoms with Crippen LogP contribution in [0.25, 0.3) is 0 Å². The van der Waals surface area contributed by atoms with Crippen LogP contribution in [-0.2, 0) is 9.47 Å². The molecule has 0 fully saturated rings. The molecule has 2 nitrogen and oxygen atoms in total. The van der Waals surface area contributed by atoms with Crippen molar-refractivity contribution in [2.24, 2.45) is 5.41 Å². The Labute approximate surface area is 82.1 Å². The number of hydrogen-bond acceptors (Lipinski definition) is 2. The standard InChI is InChI=1S/C9H15BrO2/c1-9(2)4-7(10)8(5-9)12-6-11-3/h4,8H,5-6H2,1-3H3/t8-/m0/s1. The van der Waals surface area contributed by atoms with Gasteiger partial charge in [-0.05, 0) is 11.8 Å². The quantitative estimate of drug-likeness (QED) is 0.700. The van der Waals surface area contributed by atoms with E-state index in [2.05, 4.69) is 35.9 Å². The van der Waals surface area contributed by atoms with Gasteiger partial charge in [0.25, 0.3) is 0 Å². The summed E-state index contributed by atoms with van der Waals surface area (Å²) in [5.74, 6) is 0. The Kier molecular flexibility index (Phi) is 3.32. The second kappa shape index (κ2) is 3.90. The zero-order valence-electron chi connectivity index (χ0n) is 7.76. The van der Waals surface area contributed by atoms with Gasteiger partial charge in [0.05, 0.1) is 6.10 Å². The lowest BCUT2D eigenvalue weighted by molar-refractivity contribution is -0.0603. The predicted molar refractivity (Wildman–Crippen MR) is 52.2 cm³/mol. The Morgan fingerprint density at radius 1 is 1.67 bits per heavy atom. The highest BCUT2D eigenvalue weighted by atomic mass is 79.9. The Bertz CT molecular complexity index is 187. The number of allylic oxidation sites excluding steroid dienone is 1. The van der Waals surface area contributed by atoms with Gasteiger partial charge in [0.15, 0.2) is 0 Å². The summed E-state index contributed by atoms with van der Waals surface area (Å²) in [5.41, 5.74) is 0.247. The van der Waals surface area contributed by atoms with Crippen molar-refractivity contribution >= 4 is 15.9 Å². The minimum Gasteiger partial charge on any atom is -0.359 e. The predicted octanol–water partition coefficient (Wildman–Crippen LogP) is 2.68. The normalized spacial score (nSPS) is 27.3. The smallest absolute Gasteiger partial charge is 0.147 e. The molecule has 0 aromatic rings. The van der Waals surface area contributed by atoms with Gasteiger partial charge in [-0.25, -0.2) is 0 Å². The molecule has 3 heteroatoms. The molecular formula is C9H15BrO2. The van der Waals surface area contributed by atoms with E-state index in [1.165, 1.54) is 0 Å². The zero-order valence-corrected chi connectivity index (χ0v) is 9.35. The van der Waals surface area contributed by atoms with Crippen LogP contribution < -0.4 is 0 Å². The van der Waals surface area contributed by atoms with Crippen molar-refractivity contribution in [2.45, 2.75) is 26.4 Å². The molecule has 0 saturated heterocycles. The lowest BCUT2D eigenvalue weighted by Crippen LogP contribution is -2.15. The first-order chi connectivity index (χ1) is 5.55. The molecule has 1 aliphatic carbocycles. The summed E-state index contributed by atoms with van der Waals surface area (Å²) in [7, 11) is 1.64. The minimum atomic E-state index is 0.181. The number of halogens is 1. The molecule has 0 heterocycles. The van der Waals surface area contributed by atoms with E-state index < -0.39 is 0 Å². The van der Waals surface area contributed by atoms with Crippen LogP contribution in [0, 0.1) is 5.41 Å². The van der Waals surface area contributed by atoms with Gasteiger partial charge in [-0.2, -0.15) is 0 Å². The van der Waals surface area contributed by atoms with Crippen LogP contribution in [0.1, 0.15) is 20.3 Å². The van der Waals surface area contributed by atoms with E-state index >= 15 is 0 Å². The van der Waals surface area contributed by atoms with Crippen molar-refractivity contribution in [1.29, 1.82) is 0 Å². The highest BCUT2D eigenvalue weighted by Crippen LogP contribution is 2.39. The van der Waals surface area contributed by atoms with Gasteiger partial charge in [-0.1, -0.05) is 35.9 Å². The van der Waals surface area contributed by atoms with Crippen LogP contribution >= 0.6 is 15.9 Å². The van der Waals surface area contributed by atoms with Gasteiger partial charge >= 0.3 is 0 Å². The third kappa shape index (κ3) is 2.57. The summed E-state index contributed by atoms with van der Waals surface area (Å²) in [5, 5.41) is 0. The van der Waals surface area contributed by atoms with E-state index in [4.69, 9.17) is 9.47 Å². The molecule has 1 rings (SSSR count). The Morgan fingerprint density at radius 2 is 2.33 bits per heavy atom. The van der Waals surface area contributed by atoms with Crippen molar-refractivity contribution < 1.29 is 9.47 Å². The molecule has 70 valence electrons. The maximum absolute atomic E-state index is 5.46. The Morgan fingerprint density at radius 3 is 2.75 bits per heavy atom. The van der Waals surface area contributed by atoms with Crippen molar-refractivity contribution in [3.05, 3.63) is 10.6 Å². The van der Waals surface area contributed by atoms with Crippen LogP contribution in [0.5, 0.6) is 0 Å². The SMILES string of the molecule is COCO[C@H]1CC(C)(C)C=C1Br. The topological polar surface area (TPSA) is 18.5 Å². The van der Waals surface area contributed by atoms with Gasteiger partial charge in [-0.3, -0.25) is 0 Å². The summed E-state index contributed by atoms with van der Waals surface area (Å²) >= 11 is 3.49. The van der Waals surface area contributed by atoms with E-state index in [1.54, 1.807) is 7.11 Å². The molecule has 1 atom stereocenters. The summed E-state index contributed by atoms with van der Waals surface area (Å²) in [6.07, 6.45) is 3.41. The van der Waals surface area contributed by atoms with Crippen molar-refractivity contribution in [2.75, 3.05) is 13.9 Å². The molecule has 1 aliphatic rings.